The number of hydrogen-bond donors (Lipinski definition) is 0. The number of aryl methyl sites for hydroxylation is 1. The first-order valence-electron chi connectivity index (χ1n) is 11.5. The Kier molecular flexibility index (Phi) is 4.16. The number of pyridine rings is 1. The Morgan fingerprint density at radius 2 is 1.94 bits per heavy atom. The molecule has 1 atom stereocenters. The number of fused-ring (bicyclic) bond motifs is 4. The first-order chi connectivity index (χ1) is 17.2. The van der Waals surface area contributed by atoms with Gasteiger partial charge in [0.15, 0.2) is 17.5 Å². The molecule has 0 saturated carbocycles. The highest BCUT2D eigenvalue weighted by Crippen LogP contribution is 2.42. The van der Waals surface area contributed by atoms with Crippen LogP contribution < -0.4 is 4.90 Å². The Hall–Kier alpha value is -4.73. The highest BCUT2D eigenvalue weighted by atomic mass is 15.4. The third-order valence-electron chi connectivity index (χ3n) is 6.49. The van der Waals surface area contributed by atoms with E-state index in [9.17, 15) is 0 Å². The second-order valence-electron chi connectivity index (χ2n) is 8.44. The lowest BCUT2D eigenvalue weighted by atomic mass is 10.0. The van der Waals surface area contributed by atoms with Crippen molar-refractivity contribution < 1.29 is 0 Å². The highest BCUT2D eigenvalue weighted by Gasteiger charge is 2.37. The molecular formula is C25H20N10. The lowest BCUT2D eigenvalue weighted by Crippen LogP contribution is -2.36. The van der Waals surface area contributed by atoms with Gasteiger partial charge >= 0.3 is 0 Å². The molecule has 2 aliphatic rings. The summed E-state index contributed by atoms with van der Waals surface area (Å²) < 4.78 is 3.73. The number of allylic oxidation sites excluding steroid dienone is 3. The lowest BCUT2D eigenvalue weighted by molar-refractivity contribution is 0.572. The van der Waals surface area contributed by atoms with Gasteiger partial charge in [-0.15, -0.1) is 10.2 Å². The molecule has 7 rings (SSSR count). The minimum atomic E-state index is 0.00186. The van der Waals surface area contributed by atoms with Crippen molar-refractivity contribution in [1.29, 1.82) is 0 Å². The van der Waals surface area contributed by atoms with Crippen LogP contribution in [0.3, 0.4) is 0 Å². The average Bonchev–Trinajstić information content (AvgIpc) is 3.50. The van der Waals surface area contributed by atoms with Gasteiger partial charge in [-0.25, -0.2) is 9.97 Å². The Morgan fingerprint density at radius 1 is 1.03 bits per heavy atom. The molecular weight excluding hydrogens is 440 g/mol. The van der Waals surface area contributed by atoms with Crippen LogP contribution in [-0.4, -0.2) is 44.5 Å². The van der Waals surface area contributed by atoms with Gasteiger partial charge in [0.2, 0.25) is 0 Å². The van der Waals surface area contributed by atoms with Crippen molar-refractivity contribution in [2.75, 3.05) is 4.90 Å². The van der Waals surface area contributed by atoms with Crippen molar-refractivity contribution in [3.8, 4) is 23.0 Å². The van der Waals surface area contributed by atoms with Gasteiger partial charge in [-0.1, -0.05) is 31.2 Å². The molecule has 0 bridgehead atoms. The van der Waals surface area contributed by atoms with E-state index in [4.69, 9.17) is 9.97 Å². The molecule has 0 saturated heterocycles. The molecule has 0 radical (unpaired) electrons. The van der Waals surface area contributed by atoms with E-state index in [2.05, 4.69) is 49.2 Å². The maximum Gasteiger partial charge on any atom is 0.254 e. The Balaban J connectivity index is 1.43. The van der Waals surface area contributed by atoms with Crippen molar-refractivity contribution in [3.63, 3.8) is 0 Å². The van der Waals surface area contributed by atoms with Gasteiger partial charge in [0.05, 0.1) is 17.8 Å². The fourth-order valence-electron chi connectivity index (χ4n) is 4.83. The van der Waals surface area contributed by atoms with Crippen molar-refractivity contribution in [2.24, 2.45) is 0 Å². The summed E-state index contributed by atoms with van der Waals surface area (Å²) in [4.78, 5) is 21.0. The number of anilines is 1. The van der Waals surface area contributed by atoms with E-state index in [0.717, 1.165) is 51.7 Å². The van der Waals surface area contributed by atoms with Gasteiger partial charge in [0.1, 0.15) is 17.8 Å². The van der Waals surface area contributed by atoms with Gasteiger partial charge in [0, 0.05) is 22.8 Å². The second-order valence-corrected chi connectivity index (χ2v) is 8.44. The zero-order valence-electron chi connectivity index (χ0n) is 19.1. The summed E-state index contributed by atoms with van der Waals surface area (Å²) in [5.41, 5.74) is 3.73. The Bertz CT molecular complexity index is 1670. The highest BCUT2D eigenvalue weighted by molar-refractivity contribution is 5.92. The van der Waals surface area contributed by atoms with E-state index in [0.29, 0.717) is 11.8 Å². The summed E-state index contributed by atoms with van der Waals surface area (Å²) >= 11 is 0. The Labute approximate surface area is 200 Å². The van der Waals surface area contributed by atoms with Crippen LogP contribution in [0.1, 0.15) is 31.0 Å². The normalized spacial score (nSPS) is 16.1. The van der Waals surface area contributed by atoms with Gasteiger partial charge < -0.3 is 4.90 Å². The minimum Gasteiger partial charge on any atom is -0.314 e. The van der Waals surface area contributed by atoms with Crippen LogP contribution in [0, 0.1) is 6.92 Å². The SMILES string of the molecule is CC[C@@H]1c2nnc(C)n2-c2cnc(-n3ncnc3-c3cccc4ncccc34)nc2N1C1=CC=C1. The van der Waals surface area contributed by atoms with E-state index in [1.165, 1.54) is 6.33 Å². The van der Waals surface area contributed by atoms with Gasteiger partial charge in [-0.05, 0) is 37.6 Å². The molecule has 10 nitrogen and oxygen atoms in total. The predicted molar refractivity (Wildman–Crippen MR) is 130 cm³/mol. The first kappa shape index (κ1) is 19.7. The van der Waals surface area contributed by atoms with E-state index < -0.39 is 0 Å². The Morgan fingerprint density at radius 3 is 2.77 bits per heavy atom. The predicted octanol–water partition coefficient (Wildman–Crippen LogP) is 3.89. The van der Waals surface area contributed by atoms with E-state index in [1.807, 2.05) is 54.1 Å². The third kappa shape index (κ3) is 2.79. The van der Waals surface area contributed by atoms with E-state index >= 15 is 0 Å². The molecule has 0 N–H and O–H groups in total. The summed E-state index contributed by atoms with van der Waals surface area (Å²) in [5, 5.41) is 14.3. The molecule has 0 spiro atoms. The van der Waals surface area contributed by atoms with Gasteiger partial charge in [-0.2, -0.15) is 14.8 Å². The number of benzene rings is 1. The summed E-state index contributed by atoms with van der Waals surface area (Å²) in [6.07, 6.45) is 12.2. The van der Waals surface area contributed by atoms with Crippen LogP contribution in [0.2, 0.25) is 0 Å². The standard InChI is InChI=1S/C25H20N10/c1-3-20-24-32-31-15(2)33(24)21-13-27-25(30-23(21)34(20)16-7-4-8-16)35-22(28-14-29-35)18-9-5-11-19-17(18)10-6-12-26-19/h4-14,20H,3H2,1-2H3/t20-/m1/s1. The van der Waals surface area contributed by atoms with Crippen LogP contribution >= 0.6 is 0 Å². The van der Waals surface area contributed by atoms with Crippen LogP contribution in [0.15, 0.2) is 73.0 Å². The van der Waals surface area contributed by atoms with Crippen LogP contribution in [0.5, 0.6) is 0 Å². The van der Waals surface area contributed by atoms with Crippen molar-refractivity contribution in [3.05, 3.63) is 84.6 Å². The molecule has 170 valence electrons. The molecule has 0 amide bonds. The van der Waals surface area contributed by atoms with Gasteiger partial charge in [0.25, 0.3) is 5.95 Å². The zero-order valence-corrected chi connectivity index (χ0v) is 19.1. The van der Waals surface area contributed by atoms with Crippen molar-refractivity contribution in [1.82, 2.24) is 44.5 Å². The monoisotopic (exact) mass is 460 g/mol. The number of aromatic nitrogens is 9. The zero-order chi connectivity index (χ0) is 23.5. The van der Waals surface area contributed by atoms with Crippen LogP contribution in [0.4, 0.5) is 5.82 Å². The number of rotatable bonds is 4. The molecule has 5 aromatic rings. The molecule has 10 heteroatoms. The van der Waals surface area contributed by atoms with Crippen molar-refractivity contribution in [2.45, 2.75) is 26.3 Å². The molecule has 0 unspecified atom stereocenters. The fourth-order valence-corrected chi connectivity index (χ4v) is 4.83. The van der Waals surface area contributed by atoms with E-state index in [-0.39, 0.29) is 6.04 Å². The summed E-state index contributed by atoms with van der Waals surface area (Å²) in [5.74, 6) is 3.57. The summed E-state index contributed by atoms with van der Waals surface area (Å²) in [7, 11) is 0. The molecule has 1 aliphatic heterocycles. The average molecular weight is 461 g/mol. The number of nitrogens with zero attached hydrogens (tertiary/aromatic N) is 10. The molecule has 1 aromatic carbocycles. The minimum absolute atomic E-state index is 0.00186. The third-order valence-corrected chi connectivity index (χ3v) is 6.49. The smallest absolute Gasteiger partial charge is 0.254 e. The van der Waals surface area contributed by atoms with Gasteiger partial charge in [-0.3, -0.25) is 9.55 Å². The van der Waals surface area contributed by atoms with E-state index in [1.54, 1.807) is 10.9 Å². The summed E-state index contributed by atoms with van der Waals surface area (Å²) in [6.45, 7) is 4.09. The first-order valence-corrected chi connectivity index (χ1v) is 11.5. The second kappa shape index (κ2) is 7.39. The van der Waals surface area contributed by atoms with Crippen LogP contribution in [-0.2, 0) is 0 Å². The lowest BCUT2D eigenvalue weighted by Gasteiger charge is -2.38. The largest absolute Gasteiger partial charge is 0.314 e. The molecule has 35 heavy (non-hydrogen) atoms. The fraction of sp³-hybridized carbons (Fsp3) is 0.160. The molecule has 4 aromatic heterocycles. The quantitative estimate of drug-likeness (QED) is 0.398. The molecule has 1 aliphatic carbocycles. The topological polar surface area (TPSA) is 103 Å². The molecule has 0 fully saturated rings. The van der Waals surface area contributed by atoms with Crippen LogP contribution in [0.25, 0.3) is 33.9 Å². The van der Waals surface area contributed by atoms with Crippen molar-refractivity contribution >= 4 is 16.7 Å². The maximum absolute atomic E-state index is 5.03. The number of hydrogen-bond acceptors (Lipinski definition) is 8. The molecule has 5 heterocycles. The summed E-state index contributed by atoms with van der Waals surface area (Å²) in [6, 6.07) is 9.92. The maximum atomic E-state index is 5.03.